The first-order chi connectivity index (χ1) is 6.26. The van der Waals surface area contributed by atoms with Gasteiger partial charge < -0.3 is 5.11 Å². The Bertz CT molecular complexity index is 241. The SMILES string of the molecule is CC1(C(=O)O)CCCN1CC(F)(F)F. The van der Waals surface area contributed by atoms with Crippen LogP contribution in [0, 0.1) is 0 Å². The Morgan fingerprint density at radius 2 is 2.14 bits per heavy atom. The number of alkyl halides is 3. The van der Waals surface area contributed by atoms with Crippen LogP contribution in [0.25, 0.3) is 0 Å². The number of rotatable bonds is 2. The first-order valence-corrected chi connectivity index (χ1v) is 4.31. The summed E-state index contributed by atoms with van der Waals surface area (Å²) in [4.78, 5) is 11.8. The molecule has 0 aromatic heterocycles. The van der Waals surface area contributed by atoms with Crippen molar-refractivity contribution in [2.45, 2.75) is 31.5 Å². The van der Waals surface area contributed by atoms with Crippen LogP contribution in [-0.2, 0) is 4.79 Å². The smallest absolute Gasteiger partial charge is 0.401 e. The molecule has 0 saturated carbocycles. The van der Waals surface area contributed by atoms with E-state index >= 15 is 0 Å². The topological polar surface area (TPSA) is 40.5 Å². The molecule has 0 amide bonds. The number of likely N-dealkylation sites (tertiary alicyclic amines) is 1. The fourth-order valence-electron chi connectivity index (χ4n) is 1.73. The molecule has 1 heterocycles. The van der Waals surface area contributed by atoms with E-state index in [9.17, 15) is 18.0 Å². The zero-order valence-electron chi connectivity index (χ0n) is 7.76. The van der Waals surface area contributed by atoms with Crippen molar-refractivity contribution >= 4 is 5.97 Å². The molecule has 0 bridgehead atoms. The zero-order chi connectivity index (χ0) is 11.0. The van der Waals surface area contributed by atoms with Crippen molar-refractivity contribution in [2.24, 2.45) is 0 Å². The predicted octanol–water partition coefficient (Wildman–Crippen LogP) is 1.49. The van der Waals surface area contributed by atoms with E-state index in [1.807, 2.05) is 0 Å². The first-order valence-electron chi connectivity index (χ1n) is 4.31. The van der Waals surface area contributed by atoms with Gasteiger partial charge >= 0.3 is 12.1 Å². The molecule has 0 aromatic carbocycles. The summed E-state index contributed by atoms with van der Waals surface area (Å²) < 4.78 is 36.2. The molecule has 14 heavy (non-hydrogen) atoms. The molecule has 1 aliphatic rings. The molecule has 1 N–H and O–H groups in total. The molecule has 82 valence electrons. The molecular formula is C8H12F3NO2. The number of hydrogen-bond donors (Lipinski definition) is 1. The van der Waals surface area contributed by atoms with Crippen LogP contribution in [0.3, 0.4) is 0 Å². The number of nitrogens with zero attached hydrogens (tertiary/aromatic N) is 1. The molecule has 3 nitrogen and oxygen atoms in total. The van der Waals surface area contributed by atoms with Crippen molar-refractivity contribution in [3.05, 3.63) is 0 Å². The van der Waals surface area contributed by atoms with Crippen molar-refractivity contribution < 1.29 is 23.1 Å². The molecule has 1 atom stereocenters. The number of carboxylic acids is 1. The van der Waals surface area contributed by atoms with Gasteiger partial charge in [-0.25, -0.2) is 0 Å². The molecule has 1 rings (SSSR count). The van der Waals surface area contributed by atoms with Gasteiger partial charge in [-0.2, -0.15) is 13.2 Å². The lowest BCUT2D eigenvalue weighted by Crippen LogP contribution is -2.51. The zero-order valence-corrected chi connectivity index (χ0v) is 7.76. The minimum absolute atomic E-state index is 0.197. The van der Waals surface area contributed by atoms with Crippen molar-refractivity contribution in [1.29, 1.82) is 0 Å². The van der Waals surface area contributed by atoms with E-state index in [-0.39, 0.29) is 13.0 Å². The normalized spacial score (nSPS) is 29.4. The summed E-state index contributed by atoms with van der Waals surface area (Å²) >= 11 is 0. The van der Waals surface area contributed by atoms with E-state index in [0.717, 1.165) is 4.90 Å². The molecule has 0 aliphatic carbocycles. The highest BCUT2D eigenvalue weighted by Gasteiger charge is 2.47. The monoisotopic (exact) mass is 211 g/mol. The fraction of sp³-hybridized carbons (Fsp3) is 0.875. The molecule has 0 aromatic rings. The van der Waals surface area contributed by atoms with Crippen molar-refractivity contribution in [2.75, 3.05) is 13.1 Å². The molecule has 0 spiro atoms. The maximum Gasteiger partial charge on any atom is 0.401 e. The van der Waals surface area contributed by atoms with Gasteiger partial charge in [-0.05, 0) is 26.3 Å². The van der Waals surface area contributed by atoms with Crippen LogP contribution >= 0.6 is 0 Å². The van der Waals surface area contributed by atoms with E-state index in [2.05, 4.69) is 0 Å². The molecule has 1 fully saturated rings. The minimum atomic E-state index is -4.33. The molecule has 1 aliphatic heterocycles. The lowest BCUT2D eigenvalue weighted by atomic mass is 9.99. The average Bonchev–Trinajstić information content (AvgIpc) is 2.30. The Balaban J connectivity index is 2.74. The summed E-state index contributed by atoms with van der Waals surface area (Å²) in [7, 11) is 0. The molecule has 0 radical (unpaired) electrons. The van der Waals surface area contributed by atoms with Crippen LogP contribution in [0.15, 0.2) is 0 Å². The second-order valence-electron chi connectivity index (χ2n) is 3.72. The number of aliphatic carboxylic acids is 1. The summed E-state index contributed by atoms with van der Waals surface area (Å²) in [6, 6.07) is 0. The number of carboxylic acid groups (broad SMARTS) is 1. The van der Waals surface area contributed by atoms with Crippen molar-refractivity contribution in [3.63, 3.8) is 0 Å². The Kier molecular flexibility index (Phi) is 2.76. The van der Waals surface area contributed by atoms with Crippen LogP contribution in [-0.4, -0.2) is 40.8 Å². The van der Waals surface area contributed by atoms with E-state index in [0.29, 0.717) is 6.42 Å². The van der Waals surface area contributed by atoms with E-state index in [4.69, 9.17) is 5.11 Å². The quantitative estimate of drug-likeness (QED) is 0.752. The van der Waals surface area contributed by atoms with Gasteiger partial charge in [-0.1, -0.05) is 0 Å². The van der Waals surface area contributed by atoms with Gasteiger partial charge in [0.15, 0.2) is 0 Å². The standard InChI is InChI=1S/C8H12F3NO2/c1-7(6(13)14)3-2-4-12(7)5-8(9,10)11/h2-5H2,1H3,(H,13,14). The molecule has 1 unspecified atom stereocenters. The third kappa shape index (κ3) is 2.17. The summed E-state index contributed by atoms with van der Waals surface area (Å²) in [5.41, 5.74) is -1.35. The van der Waals surface area contributed by atoms with Gasteiger partial charge in [-0.15, -0.1) is 0 Å². The van der Waals surface area contributed by atoms with E-state index in [1.165, 1.54) is 6.92 Å². The summed E-state index contributed by atoms with van der Waals surface area (Å²) in [5.74, 6) is -1.18. The highest BCUT2D eigenvalue weighted by atomic mass is 19.4. The second kappa shape index (κ2) is 3.42. The van der Waals surface area contributed by atoms with E-state index in [1.54, 1.807) is 0 Å². The second-order valence-corrected chi connectivity index (χ2v) is 3.72. The van der Waals surface area contributed by atoms with Crippen molar-refractivity contribution in [1.82, 2.24) is 4.90 Å². The van der Waals surface area contributed by atoms with Gasteiger partial charge in [0.05, 0.1) is 6.54 Å². The average molecular weight is 211 g/mol. The van der Waals surface area contributed by atoms with Gasteiger partial charge in [0.2, 0.25) is 0 Å². The number of carbonyl (C=O) groups is 1. The van der Waals surface area contributed by atoms with Crippen LogP contribution < -0.4 is 0 Å². The van der Waals surface area contributed by atoms with Gasteiger partial charge in [-0.3, -0.25) is 9.69 Å². The van der Waals surface area contributed by atoms with E-state index < -0.39 is 24.2 Å². The maximum atomic E-state index is 12.1. The lowest BCUT2D eigenvalue weighted by molar-refractivity contribution is -0.167. The molecule has 6 heteroatoms. The Morgan fingerprint density at radius 1 is 1.57 bits per heavy atom. The summed E-state index contributed by atoms with van der Waals surface area (Å²) in [6.45, 7) is 0.395. The maximum absolute atomic E-state index is 12.1. The Labute approximate surface area is 79.5 Å². The third-order valence-electron chi connectivity index (χ3n) is 2.62. The van der Waals surface area contributed by atoms with Crippen LogP contribution in [0.2, 0.25) is 0 Å². The third-order valence-corrected chi connectivity index (χ3v) is 2.62. The fourth-order valence-corrected chi connectivity index (χ4v) is 1.73. The largest absolute Gasteiger partial charge is 0.480 e. The highest BCUT2D eigenvalue weighted by Crippen LogP contribution is 2.32. The van der Waals surface area contributed by atoms with Gasteiger partial charge in [0.1, 0.15) is 5.54 Å². The summed E-state index contributed by atoms with van der Waals surface area (Å²) in [5, 5.41) is 8.83. The molecule has 1 saturated heterocycles. The van der Waals surface area contributed by atoms with Gasteiger partial charge in [0, 0.05) is 0 Å². The summed E-state index contributed by atoms with van der Waals surface area (Å²) in [6.07, 6.45) is -3.56. The Hall–Kier alpha value is -0.780. The van der Waals surface area contributed by atoms with Crippen LogP contribution in [0.4, 0.5) is 13.2 Å². The minimum Gasteiger partial charge on any atom is -0.480 e. The van der Waals surface area contributed by atoms with Crippen LogP contribution in [0.5, 0.6) is 0 Å². The van der Waals surface area contributed by atoms with Gasteiger partial charge in [0.25, 0.3) is 0 Å². The number of hydrogen-bond acceptors (Lipinski definition) is 2. The Morgan fingerprint density at radius 3 is 2.57 bits per heavy atom. The first kappa shape index (κ1) is 11.3. The van der Waals surface area contributed by atoms with Crippen molar-refractivity contribution in [3.8, 4) is 0 Å². The molecular weight excluding hydrogens is 199 g/mol. The predicted molar refractivity (Wildman–Crippen MR) is 42.9 cm³/mol. The highest BCUT2D eigenvalue weighted by molar-refractivity contribution is 5.78. The number of halogens is 3. The van der Waals surface area contributed by atoms with Crippen LogP contribution in [0.1, 0.15) is 19.8 Å². The lowest BCUT2D eigenvalue weighted by Gasteiger charge is -2.31.